The average Bonchev–Trinajstić information content (AvgIpc) is 2.48. The number of aliphatic hydroxyl groups is 1. The van der Waals surface area contributed by atoms with E-state index in [9.17, 15) is 12.8 Å². The van der Waals surface area contributed by atoms with Gasteiger partial charge in [0, 0.05) is 6.54 Å². The highest BCUT2D eigenvalue weighted by molar-refractivity contribution is 7.89. The van der Waals surface area contributed by atoms with Crippen LogP contribution < -0.4 is 4.72 Å². The van der Waals surface area contributed by atoms with Crippen LogP contribution in [-0.2, 0) is 23.2 Å². The standard InChI is InChI=1S/C14H13ClFNO3S/c15-13-6-5-12(16)7-14(13)21(19,20)17-8-10-1-3-11(9-18)4-2-10/h1-7,17-18H,8-9H2. The van der Waals surface area contributed by atoms with Crippen molar-refractivity contribution in [2.45, 2.75) is 18.0 Å². The third kappa shape index (κ3) is 4.01. The molecule has 2 N–H and O–H groups in total. The summed E-state index contributed by atoms with van der Waals surface area (Å²) in [4.78, 5) is -0.295. The lowest BCUT2D eigenvalue weighted by Gasteiger charge is -2.09. The molecule has 0 aromatic heterocycles. The molecule has 112 valence electrons. The molecule has 0 spiro atoms. The summed E-state index contributed by atoms with van der Waals surface area (Å²) < 4.78 is 39.7. The van der Waals surface area contributed by atoms with Gasteiger partial charge in [-0.15, -0.1) is 0 Å². The van der Waals surface area contributed by atoms with Gasteiger partial charge in [-0.2, -0.15) is 0 Å². The van der Waals surface area contributed by atoms with Gasteiger partial charge in [0.2, 0.25) is 10.0 Å². The van der Waals surface area contributed by atoms with Crippen LogP contribution in [0.5, 0.6) is 0 Å². The normalized spacial score (nSPS) is 11.6. The minimum atomic E-state index is -3.90. The second kappa shape index (κ2) is 6.53. The van der Waals surface area contributed by atoms with Gasteiger partial charge in [-0.25, -0.2) is 17.5 Å². The highest BCUT2D eigenvalue weighted by Crippen LogP contribution is 2.22. The zero-order valence-corrected chi connectivity index (χ0v) is 12.5. The third-order valence-corrected chi connectivity index (χ3v) is 4.74. The van der Waals surface area contributed by atoms with Gasteiger partial charge in [-0.1, -0.05) is 35.9 Å². The molecule has 0 bridgehead atoms. The second-order valence-corrected chi connectivity index (χ2v) is 6.52. The molecule has 0 radical (unpaired) electrons. The van der Waals surface area contributed by atoms with Crippen molar-refractivity contribution in [2.24, 2.45) is 0 Å². The van der Waals surface area contributed by atoms with E-state index in [0.717, 1.165) is 17.7 Å². The van der Waals surface area contributed by atoms with Gasteiger partial charge < -0.3 is 5.11 Å². The Bertz CT molecular complexity index is 732. The molecule has 4 nitrogen and oxygen atoms in total. The van der Waals surface area contributed by atoms with Gasteiger partial charge in [0.25, 0.3) is 0 Å². The fourth-order valence-electron chi connectivity index (χ4n) is 1.70. The first-order valence-corrected chi connectivity index (χ1v) is 7.92. The molecule has 2 rings (SSSR count). The fraction of sp³-hybridized carbons (Fsp3) is 0.143. The van der Waals surface area contributed by atoms with Crippen LogP contribution in [0.1, 0.15) is 11.1 Å². The van der Waals surface area contributed by atoms with E-state index in [1.807, 2.05) is 0 Å². The summed E-state index contributed by atoms with van der Waals surface area (Å²) in [6, 6.07) is 9.94. The number of nitrogens with one attached hydrogen (secondary N) is 1. The van der Waals surface area contributed by atoms with Gasteiger partial charge in [-0.3, -0.25) is 0 Å². The molecule has 0 amide bonds. The van der Waals surface area contributed by atoms with E-state index in [0.29, 0.717) is 5.56 Å². The molecule has 0 saturated heterocycles. The van der Waals surface area contributed by atoms with Crippen molar-refractivity contribution in [3.05, 3.63) is 64.4 Å². The first-order chi connectivity index (χ1) is 9.92. The molecular formula is C14H13ClFNO3S. The summed E-state index contributed by atoms with van der Waals surface area (Å²) >= 11 is 5.79. The molecule has 0 saturated carbocycles. The molecule has 0 heterocycles. The van der Waals surface area contributed by atoms with Crippen molar-refractivity contribution in [3.8, 4) is 0 Å². The first-order valence-electron chi connectivity index (χ1n) is 6.06. The lowest BCUT2D eigenvalue weighted by atomic mass is 10.1. The molecule has 0 unspecified atom stereocenters. The van der Waals surface area contributed by atoms with Crippen molar-refractivity contribution in [2.75, 3.05) is 0 Å². The minimum Gasteiger partial charge on any atom is -0.392 e. The largest absolute Gasteiger partial charge is 0.392 e. The molecule has 0 aliphatic carbocycles. The Morgan fingerprint density at radius 3 is 2.33 bits per heavy atom. The summed E-state index contributed by atoms with van der Waals surface area (Å²) in [6.07, 6.45) is 0. The number of sulfonamides is 1. The van der Waals surface area contributed by atoms with Crippen molar-refractivity contribution >= 4 is 21.6 Å². The predicted octanol–water partition coefficient (Wildman–Crippen LogP) is 2.45. The molecule has 21 heavy (non-hydrogen) atoms. The third-order valence-electron chi connectivity index (χ3n) is 2.85. The Morgan fingerprint density at radius 1 is 1.10 bits per heavy atom. The van der Waals surface area contributed by atoms with Gasteiger partial charge in [0.15, 0.2) is 0 Å². The Balaban J connectivity index is 2.15. The number of hydrogen-bond acceptors (Lipinski definition) is 3. The van der Waals surface area contributed by atoms with Gasteiger partial charge in [-0.05, 0) is 29.3 Å². The summed E-state index contributed by atoms with van der Waals surface area (Å²) in [7, 11) is -3.90. The molecule has 0 atom stereocenters. The van der Waals surface area contributed by atoms with Crippen LogP contribution in [0.2, 0.25) is 5.02 Å². The van der Waals surface area contributed by atoms with E-state index in [2.05, 4.69) is 4.72 Å². The van der Waals surface area contributed by atoms with Crippen molar-refractivity contribution in [1.82, 2.24) is 4.72 Å². The second-order valence-electron chi connectivity index (χ2n) is 4.37. The Morgan fingerprint density at radius 2 is 1.71 bits per heavy atom. The molecular weight excluding hydrogens is 317 g/mol. The average molecular weight is 330 g/mol. The highest BCUT2D eigenvalue weighted by Gasteiger charge is 2.18. The molecule has 7 heteroatoms. The maximum atomic E-state index is 13.1. The zero-order chi connectivity index (χ0) is 15.5. The van der Waals surface area contributed by atoms with Crippen LogP contribution in [0.15, 0.2) is 47.4 Å². The first kappa shape index (κ1) is 15.9. The fourth-order valence-corrected chi connectivity index (χ4v) is 3.23. The van der Waals surface area contributed by atoms with Crippen LogP contribution in [0, 0.1) is 5.82 Å². The Hall–Kier alpha value is -1.47. The quantitative estimate of drug-likeness (QED) is 0.885. The lowest BCUT2D eigenvalue weighted by Crippen LogP contribution is -2.23. The highest BCUT2D eigenvalue weighted by atomic mass is 35.5. The van der Waals surface area contributed by atoms with E-state index >= 15 is 0 Å². The molecule has 0 aliphatic rings. The Kier molecular flexibility index (Phi) is 4.95. The maximum absolute atomic E-state index is 13.1. The molecule has 0 fully saturated rings. The van der Waals surface area contributed by atoms with Crippen LogP contribution in [-0.4, -0.2) is 13.5 Å². The van der Waals surface area contributed by atoms with E-state index in [-0.39, 0.29) is 23.1 Å². The monoisotopic (exact) mass is 329 g/mol. The van der Waals surface area contributed by atoms with Crippen molar-refractivity contribution in [1.29, 1.82) is 0 Å². The predicted molar refractivity (Wildman–Crippen MR) is 77.8 cm³/mol. The molecule has 2 aromatic carbocycles. The van der Waals surface area contributed by atoms with E-state index < -0.39 is 15.8 Å². The van der Waals surface area contributed by atoms with Crippen LogP contribution in [0.3, 0.4) is 0 Å². The SMILES string of the molecule is O=S(=O)(NCc1ccc(CO)cc1)c1cc(F)ccc1Cl. The topological polar surface area (TPSA) is 66.4 Å². The number of hydrogen-bond donors (Lipinski definition) is 2. The number of halogens is 2. The van der Waals surface area contributed by atoms with Gasteiger partial charge in [0.1, 0.15) is 10.7 Å². The number of rotatable bonds is 5. The van der Waals surface area contributed by atoms with E-state index in [1.165, 1.54) is 6.07 Å². The minimum absolute atomic E-state index is 0.0421. The lowest BCUT2D eigenvalue weighted by molar-refractivity contribution is 0.282. The Labute approximate surface area is 127 Å². The van der Waals surface area contributed by atoms with Crippen molar-refractivity contribution in [3.63, 3.8) is 0 Å². The number of aliphatic hydroxyl groups excluding tert-OH is 1. The summed E-state index contributed by atoms with van der Waals surface area (Å²) in [5, 5.41) is 8.89. The summed E-state index contributed by atoms with van der Waals surface area (Å²) in [6.45, 7) is -0.0359. The molecule has 2 aromatic rings. The zero-order valence-electron chi connectivity index (χ0n) is 10.9. The molecule has 0 aliphatic heterocycles. The van der Waals surface area contributed by atoms with Gasteiger partial charge >= 0.3 is 0 Å². The van der Waals surface area contributed by atoms with E-state index in [1.54, 1.807) is 24.3 Å². The summed E-state index contributed by atoms with van der Waals surface area (Å²) in [5.41, 5.74) is 1.44. The summed E-state index contributed by atoms with van der Waals surface area (Å²) in [5.74, 6) is -0.674. The van der Waals surface area contributed by atoms with Crippen molar-refractivity contribution < 1.29 is 17.9 Å². The van der Waals surface area contributed by atoms with Gasteiger partial charge in [0.05, 0.1) is 11.6 Å². The van der Waals surface area contributed by atoms with Crippen LogP contribution in [0.4, 0.5) is 4.39 Å². The van der Waals surface area contributed by atoms with E-state index in [4.69, 9.17) is 16.7 Å². The van der Waals surface area contributed by atoms with Crippen LogP contribution in [0.25, 0.3) is 0 Å². The number of benzene rings is 2. The van der Waals surface area contributed by atoms with Crippen LogP contribution >= 0.6 is 11.6 Å². The smallest absolute Gasteiger partial charge is 0.242 e. The maximum Gasteiger partial charge on any atom is 0.242 e.